The highest BCUT2D eigenvalue weighted by atomic mass is 32.2. The lowest BCUT2D eigenvalue weighted by Crippen LogP contribution is -2.36. The maximum Gasteiger partial charge on any atom is 0.260 e. The van der Waals surface area contributed by atoms with E-state index in [1.54, 1.807) is 24.0 Å². The van der Waals surface area contributed by atoms with Crippen LogP contribution in [0.15, 0.2) is 42.1 Å². The molecule has 1 aliphatic rings. The lowest BCUT2D eigenvalue weighted by Gasteiger charge is -2.30. The minimum Gasteiger partial charge on any atom is -0.381 e. The first-order valence-electron chi connectivity index (χ1n) is 7.54. The monoisotopic (exact) mass is 336 g/mol. The van der Waals surface area contributed by atoms with Crippen LogP contribution in [-0.4, -0.2) is 36.2 Å². The molecule has 3 rings (SSSR count). The fourth-order valence-corrected chi connectivity index (χ4v) is 4.08. The molecular weight excluding hydrogens is 316 g/mol. The van der Waals surface area contributed by atoms with Crippen molar-refractivity contribution >= 4 is 10.0 Å². The summed E-state index contributed by atoms with van der Waals surface area (Å²) >= 11 is 0. The molecule has 0 amide bonds. The minimum absolute atomic E-state index is 0.0287. The van der Waals surface area contributed by atoms with E-state index in [4.69, 9.17) is 4.74 Å². The number of aryl methyl sites for hydroxylation is 1. The van der Waals surface area contributed by atoms with Gasteiger partial charge in [0.1, 0.15) is 0 Å². The van der Waals surface area contributed by atoms with Gasteiger partial charge in [0.2, 0.25) is 0 Å². The molecule has 0 bridgehead atoms. The van der Waals surface area contributed by atoms with Crippen LogP contribution >= 0.6 is 0 Å². The minimum atomic E-state index is -3.69. The third-order valence-corrected chi connectivity index (χ3v) is 5.35. The van der Waals surface area contributed by atoms with Crippen LogP contribution in [0.25, 0.3) is 0 Å². The van der Waals surface area contributed by atoms with E-state index in [2.05, 4.69) is 14.7 Å². The van der Waals surface area contributed by atoms with E-state index in [0.29, 0.717) is 13.2 Å². The standard InChI is InChI=1S/C15H20N4O3S/c1-19-10-14(17-11-19)23(20,21)18-15(12-4-7-22-8-5-12)13-3-2-6-16-9-13/h2-3,6,9-12,15,18H,4-5,7-8H2,1H3/t15-/m0/s1. The van der Waals surface area contributed by atoms with E-state index in [9.17, 15) is 8.42 Å². The van der Waals surface area contributed by atoms with Gasteiger partial charge >= 0.3 is 0 Å². The molecule has 124 valence electrons. The van der Waals surface area contributed by atoms with Crippen molar-refractivity contribution in [2.75, 3.05) is 13.2 Å². The van der Waals surface area contributed by atoms with Crippen LogP contribution in [0.5, 0.6) is 0 Å². The van der Waals surface area contributed by atoms with Gasteiger partial charge in [-0.15, -0.1) is 0 Å². The van der Waals surface area contributed by atoms with Crippen LogP contribution in [0.1, 0.15) is 24.4 Å². The fraction of sp³-hybridized carbons (Fsp3) is 0.467. The molecule has 2 aromatic rings. The Balaban J connectivity index is 1.89. The van der Waals surface area contributed by atoms with Gasteiger partial charge in [-0.1, -0.05) is 6.07 Å². The number of aromatic nitrogens is 3. The second kappa shape index (κ2) is 6.77. The summed E-state index contributed by atoms with van der Waals surface area (Å²) in [6, 6.07) is 3.38. The van der Waals surface area contributed by atoms with Gasteiger partial charge in [-0.3, -0.25) is 4.98 Å². The molecule has 0 radical (unpaired) electrons. The Labute approximate surface area is 135 Å². The molecule has 1 N–H and O–H groups in total. The molecule has 1 fully saturated rings. The summed E-state index contributed by atoms with van der Waals surface area (Å²) in [5.41, 5.74) is 0.860. The van der Waals surface area contributed by atoms with Crippen LogP contribution in [0, 0.1) is 5.92 Å². The largest absolute Gasteiger partial charge is 0.381 e. The Hall–Kier alpha value is -1.77. The number of pyridine rings is 1. The molecular formula is C15H20N4O3S. The number of hydrogen-bond acceptors (Lipinski definition) is 5. The van der Waals surface area contributed by atoms with Crippen molar-refractivity contribution < 1.29 is 13.2 Å². The average Bonchev–Trinajstić information content (AvgIpc) is 3.02. The summed E-state index contributed by atoms with van der Waals surface area (Å²) in [5.74, 6) is 0.173. The number of hydrogen-bond donors (Lipinski definition) is 1. The van der Waals surface area contributed by atoms with Gasteiger partial charge in [0.15, 0.2) is 5.03 Å². The highest BCUT2D eigenvalue weighted by Gasteiger charge is 2.30. The molecule has 8 heteroatoms. The van der Waals surface area contributed by atoms with Crippen LogP contribution in [-0.2, 0) is 21.8 Å². The van der Waals surface area contributed by atoms with E-state index in [-0.39, 0.29) is 17.0 Å². The lowest BCUT2D eigenvalue weighted by atomic mass is 9.88. The molecule has 0 spiro atoms. The lowest BCUT2D eigenvalue weighted by molar-refractivity contribution is 0.0564. The number of nitrogens with one attached hydrogen (secondary N) is 1. The Kier molecular flexibility index (Phi) is 4.74. The number of nitrogens with zero attached hydrogens (tertiary/aromatic N) is 3. The van der Waals surface area contributed by atoms with E-state index < -0.39 is 10.0 Å². The molecule has 3 heterocycles. The maximum atomic E-state index is 12.6. The van der Waals surface area contributed by atoms with Crippen LogP contribution in [0.3, 0.4) is 0 Å². The second-order valence-corrected chi connectivity index (χ2v) is 7.37. The number of imidazole rings is 1. The van der Waals surface area contributed by atoms with Gasteiger partial charge in [0.25, 0.3) is 10.0 Å². The van der Waals surface area contributed by atoms with E-state index in [1.165, 1.54) is 12.5 Å². The third kappa shape index (κ3) is 3.77. The highest BCUT2D eigenvalue weighted by Crippen LogP contribution is 2.31. The smallest absolute Gasteiger partial charge is 0.260 e. The first-order valence-corrected chi connectivity index (χ1v) is 9.02. The van der Waals surface area contributed by atoms with Crippen molar-refractivity contribution in [3.8, 4) is 0 Å². The van der Waals surface area contributed by atoms with E-state index >= 15 is 0 Å². The molecule has 7 nitrogen and oxygen atoms in total. The Bertz CT molecular complexity index is 739. The van der Waals surface area contributed by atoms with Gasteiger partial charge in [0, 0.05) is 38.9 Å². The molecule has 0 aliphatic carbocycles. The molecule has 23 heavy (non-hydrogen) atoms. The van der Waals surface area contributed by atoms with Gasteiger partial charge in [-0.25, -0.2) is 18.1 Å². The Morgan fingerprint density at radius 3 is 2.78 bits per heavy atom. The number of ether oxygens (including phenoxy) is 1. The average molecular weight is 336 g/mol. The summed E-state index contributed by atoms with van der Waals surface area (Å²) in [4.78, 5) is 8.07. The van der Waals surface area contributed by atoms with E-state index in [1.807, 2.05) is 12.1 Å². The summed E-state index contributed by atoms with van der Waals surface area (Å²) in [7, 11) is -1.95. The molecule has 1 aliphatic heterocycles. The second-order valence-electron chi connectivity index (χ2n) is 5.71. The Morgan fingerprint density at radius 2 is 2.17 bits per heavy atom. The SMILES string of the molecule is Cn1cnc(S(=O)(=O)N[C@H](c2cccnc2)C2CCOCC2)c1. The topological polar surface area (TPSA) is 86.1 Å². The Morgan fingerprint density at radius 1 is 1.39 bits per heavy atom. The molecule has 0 aromatic carbocycles. The van der Waals surface area contributed by atoms with Crippen LogP contribution in [0.4, 0.5) is 0 Å². The zero-order valence-corrected chi connectivity index (χ0v) is 13.7. The number of sulfonamides is 1. The van der Waals surface area contributed by atoms with Gasteiger partial charge in [-0.05, 0) is 30.4 Å². The van der Waals surface area contributed by atoms with Gasteiger partial charge < -0.3 is 9.30 Å². The van der Waals surface area contributed by atoms with Crippen molar-refractivity contribution in [1.29, 1.82) is 0 Å². The van der Waals surface area contributed by atoms with Crippen molar-refractivity contribution in [2.45, 2.75) is 23.9 Å². The summed E-state index contributed by atoms with van der Waals surface area (Å²) in [6.07, 6.45) is 7.97. The summed E-state index contributed by atoms with van der Waals surface area (Å²) < 4.78 is 35.1. The zero-order chi connectivity index (χ0) is 16.3. The molecule has 1 saturated heterocycles. The van der Waals surface area contributed by atoms with Crippen molar-refractivity contribution in [1.82, 2.24) is 19.3 Å². The molecule has 1 atom stereocenters. The van der Waals surface area contributed by atoms with Crippen molar-refractivity contribution in [3.63, 3.8) is 0 Å². The predicted molar refractivity (Wildman–Crippen MR) is 84.1 cm³/mol. The summed E-state index contributed by atoms with van der Waals surface area (Å²) in [6.45, 7) is 1.29. The summed E-state index contributed by atoms with van der Waals surface area (Å²) in [5, 5.41) is 0.0287. The van der Waals surface area contributed by atoms with Crippen LogP contribution < -0.4 is 4.72 Å². The van der Waals surface area contributed by atoms with Gasteiger partial charge in [0.05, 0.1) is 12.4 Å². The van der Waals surface area contributed by atoms with Crippen LogP contribution in [0.2, 0.25) is 0 Å². The predicted octanol–water partition coefficient (Wildman–Crippen LogP) is 1.26. The quantitative estimate of drug-likeness (QED) is 0.888. The third-order valence-electron chi connectivity index (χ3n) is 4.02. The number of rotatable bonds is 5. The first kappa shape index (κ1) is 16.1. The first-order chi connectivity index (χ1) is 11.1. The normalized spacial score (nSPS) is 18.0. The molecule has 2 aromatic heterocycles. The maximum absolute atomic E-state index is 12.6. The highest BCUT2D eigenvalue weighted by molar-refractivity contribution is 7.89. The van der Waals surface area contributed by atoms with E-state index in [0.717, 1.165) is 18.4 Å². The fourth-order valence-electron chi connectivity index (χ4n) is 2.80. The zero-order valence-electron chi connectivity index (χ0n) is 12.9. The van der Waals surface area contributed by atoms with Crippen molar-refractivity contribution in [3.05, 3.63) is 42.6 Å². The molecule has 0 saturated carbocycles. The van der Waals surface area contributed by atoms with Crippen molar-refractivity contribution in [2.24, 2.45) is 13.0 Å². The molecule has 0 unspecified atom stereocenters. The van der Waals surface area contributed by atoms with Gasteiger partial charge in [-0.2, -0.15) is 0 Å².